The molecule has 0 radical (unpaired) electrons. The lowest BCUT2D eigenvalue weighted by Crippen LogP contribution is -1.99. The van der Waals surface area contributed by atoms with Crippen LogP contribution in [0.25, 0.3) is 6.08 Å². The van der Waals surface area contributed by atoms with E-state index in [4.69, 9.17) is 0 Å². The molecule has 1 heteroatoms. The molecular formula is C17H18O. The van der Waals surface area contributed by atoms with Crippen molar-refractivity contribution in [3.8, 4) is 0 Å². The Labute approximate surface area is 109 Å². The molecule has 0 unspecified atom stereocenters. The summed E-state index contributed by atoms with van der Waals surface area (Å²) in [6, 6.07) is 9.93. The van der Waals surface area contributed by atoms with Crippen LogP contribution in [-0.2, 0) is 4.79 Å². The summed E-state index contributed by atoms with van der Waals surface area (Å²) < 4.78 is 0. The molecule has 0 aliphatic heterocycles. The number of hydrogen-bond acceptors (Lipinski definition) is 1. The van der Waals surface area contributed by atoms with Crippen LogP contribution >= 0.6 is 0 Å². The van der Waals surface area contributed by atoms with Crippen molar-refractivity contribution in [2.24, 2.45) is 0 Å². The minimum absolute atomic E-state index is 0.147. The summed E-state index contributed by atoms with van der Waals surface area (Å²) in [4.78, 5) is 12.1. The predicted octanol–water partition coefficient (Wildman–Crippen LogP) is 4.33. The number of ketones is 1. The minimum Gasteiger partial charge on any atom is -0.290 e. The van der Waals surface area contributed by atoms with E-state index < -0.39 is 0 Å². The molecule has 0 amide bonds. The molecule has 0 spiro atoms. The van der Waals surface area contributed by atoms with Crippen molar-refractivity contribution in [3.63, 3.8) is 0 Å². The molecule has 92 valence electrons. The first-order valence-electron chi connectivity index (χ1n) is 6.48. The number of rotatable bonds is 3. The molecule has 0 aromatic heterocycles. The highest BCUT2D eigenvalue weighted by Crippen LogP contribution is 2.14. The van der Waals surface area contributed by atoms with Gasteiger partial charge in [0.1, 0.15) is 0 Å². The first kappa shape index (κ1) is 12.6. The van der Waals surface area contributed by atoms with Gasteiger partial charge in [0.05, 0.1) is 0 Å². The quantitative estimate of drug-likeness (QED) is 0.566. The van der Waals surface area contributed by atoms with Crippen molar-refractivity contribution >= 4 is 11.9 Å². The Balaban J connectivity index is 2.01. The normalized spacial score (nSPS) is 20.8. The van der Waals surface area contributed by atoms with Crippen LogP contribution in [0, 0.1) is 0 Å². The summed E-state index contributed by atoms with van der Waals surface area (Å²) >= 11 is 0. The van der Waals surface area contributed by atoms with E-state index in [2.05, 4.69) is 18.2 Å². The maximum Gasteiger partial charge on any atom is 0.181 e. The van der Waals surface area contributed by atoms with Crippen LogP contribution in [0.5, 0.6) is 0 Å². The first-order chi connectivity index (χ1) is 8.86. The number of allylic oxidation sites excluding steroid dienone is 5. The number of benzene rings is 1. The van der Waals surface area contributed by atoms with E-state index in [9.17, 15) is 4.79 Å². The second-order valence-corrected chi connectivity index (χ2v) is 4.43. The topological polar surface area (TPSA) is 17.1 Å². The highest BCUT2D eigenvalue weighted by atomic mass is 16.1. The van der Waals surface area contributed by atoms with Gasteiger partial charge in [0.15, 0.2) is 5.78 Å². The molecule has 0 fully saturated rings. The zero-order valence-corrected chi connectivity index (χ0v) is 10.5. The largest absolute Gasteiger partial charge is 0.290 e. The van der Waals surface area contributed by atoms with E-state index >= 15 is 0 Å². The monoisotopic (exact) mass is 238 g/mol. The van der Waals surface area contributed by atoms with E-state index in [0.29, 0.717) is 0 Å². The number of carbonyl (C=O) groups is 1. The Morgan fingerprint density at radius 3 is 2.61 bits per heavy atom. The fourth-order valence-electron chi connectivity index (χ4n) is 2.00. The molecular weight excluding hydrogens is 220 g/mol. The lowest BCUT2D eigenvalue weighted by atomic mass is 10.00. The lowest BCUT2D eigenvalue weighted by molar-refractivity contribution is -0.111. The van der Waals surface area contributed by atoms with Gasteiger partial charge < -0.3 is 0 Å². The Kier molecular flexibility index (Phi) is 4.71. The van der Waals surface area contributed by atoms with Crippen molar-refractivity contribution in [1.82, 2.24) is 0 Å². The Morgan fingerprint density at radius 1 is 1.00 bits per heavy atom. The Bertz CT molecular complexity index is 478. The van der Waals surface area contributed by atoms with Crippen molar-refractivity contribution in [3.05, 3.63) is 65.8 Å². The highest BCUT2D eigenvalue weighted by molar-refractivity contribution is 6.06. The molecule has 18 heavy (non-hydrogen) atoms. The number of hydrogen-bond donors (Lipinski definition) is 0. The van der Waals surface area contributed by atoms with Gasteiger partial charge in [-0.15, -0.1) is 0 Å². The van der Waals surface area contributed by atoms with Crippen LogP contribution in [0.4, 0.5) is 0 Å². The van der Waals surface area contributed by atoms with Crippen LogP contribution in [0.2, 0.25) is 0 Å². The van der Waals surface area contributed by atoms with Crippen LogP contribution < -0.4 is 0 Å². The molecule has 0 saturated heterocycles. The first-order valence-corrected chi connectivity index (χ1v) is 6.48. The zero-order valence-electron chi connectivity index (χ0n) is 10.5. The van der Waals surface area contributed by atoms with Crippen molar-refractivity contribution in [2.45, 2.75) is 25.7 Å². The predicted molar refractivity (Wildman–Crippen MR) is 76.2 cm³/mol. The van der Waals surface area contributed by atoms with Gasteiger partial charge in [-0.2, -0.15) is 0 Å². The molecule has 0 N–H and O–H groups in total. The van der Waals surface area contributed by atoms with E-state index in [-0.39, 0.29) is 5.78 Å². The summed E-state index contributed by atoms with van der Waals surface area (Å²) in [5.74, 6) is 0.147. The maximum absolute atomic E-state index is 12.1. The highest BCUT2D eigenvalue weighted by Gasteiger charge is 2.05. The van der Waals surface area contributed by atoms with E-state index in [1.807, 2.05) is 36.4 Å². The fourth-order valence-corrected chi connectivity index (χ4v) is 2.00. The molecule has 0 saturated carbocycles. The van der Waals surface area contributed by atoms with Crippen LogP contribution in [0.3, 0.4) is 0 Å². The molecule has 1 aliphatic rings. The second kappa shape index (κ2) is 6.75. The van der Waals surface area contributed by atoms with Crippen LogP contribution in [-0.4, -0.2) is 5.78 Å². The van der Waals surface area contributed by atoms with Gasteiger partial charge in [-0.1, -0.05) is 54.6 Å². The van der Waals surface area contributed by atoms with Crippen molar-refractivity contribution in [2.75, 3.05) is 0 Å². The van der Waals surface area contributed by atoms with Gasteiger partial charge in [0.25, 0.3) is 0 Å². The standard InChI is InChI=1S/C17H18O/c18-17(14-13-15-9-5-4-6-10-15)16-11-7-2-1-3-8-12-16/h1-2,4-6,9-10,12-14H,3,7-8,11H2/b2-1-,14-13+,16-12+. The molecule has 0 heterocycles. The molecule has 0 atom stereocenters. The molecule has 1 aromatic carbocycles. The Hall–Kier alpha value is -1.89. The molecule has 1 aliphatic carbocycles. The van der Waals surface area contributed by atoms with Gasteiger partial charge in [-0.05, 0) is 42.9 Å². The van der Waals surface area contributed by atoms with Gasteiger partial charge in [-0.3, -0.25) is 4.79 Å². The van der Waals surface area contributed by atoms with E-state index in [0.717, 1.165) is 36.8 Å². The minimum atomic E-state index is 0.147. The van der Waals surface area contributed by atoms with Crippen LogP contribution in [0.15, 0.2) is 60.2 Å². The lowest BCUT2D eigenvalue weighted by Gasteiger charge is -2.04. The summed E-state index contributed by atoms with van der Waals surface area (Å²) in [7, 11) is 0. The molecule has 2 rings (SSSR count). The van der Waals surface area contributed by atoms with Gasteiger partial charge in [0, 0.05) is 0 Å². The van der Waals surface area contributed by atoms with Gasteiger partial charge in [0.2, 0.25) is 0 Å². The number of carbonyl (C=O) groups excluding carboxylic acids is 1. The van der Waals surface area contributed by atoms with E-state index in [1.54, 1.807) is 6.08 Å². The average molecular weight is 238 g/mol. The van der Waals surface area contributed by atoms with Crippen molar-refractivity contribution < 1.29 is 4.79 Å². The van der Waals surface area contributed by atoms with Gasteiger partial charge >= 0.3 is 0 Å². The van der Waals surface area contributed by atoms with Crippen molar-refractivity contribution in [1.29, 1.82) is 0 Å². The molecule has 1 aromatic rings. The third-order valence-corrected chi connectivity index (χ3v) is 3.01. The summed E-state index contributed by atoms with van der Waals surface area (Å²) in [6.07, 6.45) is 13.9. The third kappa shape index (κ3) is 3.85. The summed E-state index contributed by atoms with van der Waals surface area (Å²) in [5.41, 5.74) is 2.02. The van der Waals surface area contributed by atoms with E-state index in [1.165, 1.54) is 0 Å². The molecule has 0 bridgehead atoms. The van der Waals surface area contributed by atoms with Gasteiger partial charge in [-0.25, -0.2) is 0 Å². The fraction of sp³-hybridized carbons (Fsp3) is 0.235. The zero-order chi connectivity index (χ0) is 12.6. The maximum atomic E-state index is 12.1. The summed E-state index contributed by atoms with van der Waals surface area (Å²) in [6.45, 7) is 0. The average Bonchev–Trinajstić information content (AvgIpc) is 2.37. The van der Waals surface area contributed by atoms with Crippen LogP contribution in [0.1, 0.15) is 31.2 Å². The third-order valence-electron chi connectivity index (χ3n) is 3.01. The smallest absolute Gasteiger partial charge is 0.181 e. The second-order valence-electron chi connectivity index (χ2n) is 4.43. The summed E-state index contributed by atoms with van der Waals surface area (Å²) in [5, 5.41) is 0. The Morgan fingerprint density at radius 2 is 1.78 bits per heavy atom. The molecule has 1 nitrogen and oxygen atoms in total. The SMILES string of the molecule is O=C(/C=C/c1ccccc1)/C1=C/CC/C=C\CC1.